The summed E-state index contributed by atoms with van der Waals surface area (Å²) in [6.45, 7) is 14.2. The highest BCUT2D eigenvalue weighted by atomic mass is 29.0. The molecule has 66 valence electrons. The highest BCUT2D eigenvalue weighted by Gasteiger charge is 2.08. The van der Waals surface area contributed by atoms with Gasteiger partial charge in [0.15, 0.2) is 0 Å². The van der Waals surface area contributed by atoms with Crippen LogP contribution in [0.25, 0.3) is 0 Å². The lowest BCUT2D eigenvalue weighted by molar-refractivity contribution is 1.28. The Bertz CT molecular complexity index is 222. The summed E-state index contributed by atoms with van der Waals surface area (Å²) < 4.78 is 0. The molecule has 1 rings (SSSR count). The Morgan fingerprint density at radius 2 is 0.917 bits per heavy atom. The first-order chi connectivity index (χ1) is 5.46. The minimum atomic E-state index is -0.155. The summed E-state index contributed by atoms with van der Waals surface area (Å²) in [5.74, 6) is 0. The van der Waals surface area contributed by atoms with Gasteiger partial charge in [0.05, 0.1) is 0 Å². The minimum absolute atomic E-state index is 0.155. The lowest BCUT2D eigenvalue weighted by atomic mass is 10.1. The lowest BCUT2D eigenvalue weighted by Crippen LogP contribution is -2.20. The molecule has 0 amide bonds. The summed E-state index contributed by atoms with van der Waals surface area (Å²) in [6.07, 6.45) is 0. The molecule has 0 aromatic carbocycles. The average Bonchev–Trinajstić information content (AvgIpc) is 2.08. The fourth-order valence-corrected chi connectivity index (χ4v) is 8.81. The van der Waals surface area contributed by atoms with Crippen LogP contribution in [0, 0.1) is 27.7 Å². The van der Waals surface area contributed by atoms with E-state index < -0.39 is 0 Å². The van der Waals surface area contributed by atoms with Crippen molar-refractivity contribution in [2.24, 2.45) is 13.1 Å². The predicted molar refractivity (Wildman–Crippen MR) is 59.3 cm³/mol. The Kier molecular flexibility index (Phi) is 2.78. The molecule has 2 heteroatoms. The van der Waals surface area contributed by atoms with E-state index in [9.17, 15) is 0 Å². The van der Waals surface area contributed by atoms with Gasteiger partial charge in [-0.3, -0.25) is 0 Å². The highest BCUT2D eigenvalue weighted by molar-refractivity contribution is 7.01. The molecule has 0 aliphatic rings. The van der Waals surface area contributed by atoms with Crippen LogP contribution in [0.5, 0.6) is 0 Å². The lowest BCUT2D eigenvalue weighted by Gasteiger charge is -2.14. The van der Waals surface area contributed by atoms with E-state index in [-0.39, 0.29) is 15.8 Å². The van der Waals surface area contributed by atoms with Crippen LogP contribution in [0.3, 0.4) is 0 Å². The van der Waals surface area contributed by atoms with Gasteiger partial charge < -0.3 is 0 Å². The van der Waals surface area contributed by atoms with Crippen LogP contribution in [-0.2, 0) is 13.1 Å². The molecule has 0 atom stereocenters. The molecule has 0 saturated heterocycles. The summed E-state index contributed by atoms with van der Waals surface area (Å²) >= 11 is 0. The smallest absolute Gasteiger partial charge is 0.0203 e. The molecule has 0 N–H and O–H groups in total. The highest BCUT2D eigenvalue weighted by Crippen LogP contribution is 2.14. The molecular weight excluding hydrogens is 176 g/mol. The van der Waals surface area contributed by atoms with E-state index in [1.165, 1.54) is 0 Å². The van der Waals surface area contributed by atoms with E-state index in [1.807, 2.05) is 0 Å². The van der Waals surface area contributed by atoms with Crippen LogP contribution in [0.15, 0.2) is 0 Å². The maximum atomic E-state index is 2.48. The van der Waals surface area contributed by atoms with Gasteiger partial charge in [-0.05, 0) is 27.7 Å². The van der Waals surface area contributed by atoms with E-state index >= 15 is 0 Å². The normalized spacial score (nSPS) is 10.5. The topological polar surface area (TPSA) is 0 Å². The zero-order valence-corrected chi connectivity index (χ0v) is 11.0. The molecule has 0 aliphatic heterocycles. The minimum Gasteiger partial charge on any atom is -0.0679 e. The van der Waals surface area contributed by atoms with Gasteiger partial charge in [0, 0.05) is 15.8 Å². The first kappa shape index (κ1) is 10.00. The zero-order chi connectivity index (χ0) is 9.46. The molecule has 1 heterocycles. The third kappa shape index (κ3) is 1.38. The van der Waals surface area contributed by atoms with Gasteiger partial charge in [-0.2, -0.15) is 0 Å². The molecule has 0 aliphatic carbocycles. The van der Waals surface area contributed by atoms with Crippen molar-refractivity contribution in [2.45, 2.75) is 27.7 Å². The van der Waals surface area contributed by atoms with Gasteiger partial charge >= 0.3 is 0 Å². The van der Waals surface area contributed by atoms with Crippen molar-refractivity contribution >= 4 is 15.8 Å². The van der Waals surface area contributed by atoms with E-state index in [4.69, 9.17) is 0 Å². The standard InChI is InChI=1S/C10H18Si2/c1-7-8(2)10(4)12(6)11(5)9(7)3/h1-6H3. The molecule has 12 heavy (non-hydrogen) atoms. The summed E-state index contributed by atoms with van der Waals surface area (Å²) in [4.78, 5) is 0. The predicted octanol–water partition coefficient (Wildman–Crippen LogP) is 2.05. The van der Waals surface area contributed by atoms with Gasteiger partial charge in [0.2, 0.25) is 0 Å². The Morgan fingerprint density at radius 1 is 0.667 bits per heavy atom. The monoisotopic (exact) mass is 194 g/mol. The van der Waals surface area contributed by atoms with Crippen LogP contribution in [0.1, 0.15) is 21.5 Å². The second kappa shape index (κ2) is 3.34. The molecular formula is C10H18Si2. The number of rotatable bonds is 0. The third-order valence-corrected chi connectivity index (χ3v) is 13.1. The van der Waals surface area contributed by atoms with Crippen LogP contribution in [-0.4, -0.2) is 15.8 Å². The van der Waals surface area contributed by atoms with Crippen LogP contribution in [0.4, 0.5) is 0 Å². The van der Waals surface area contributed by atoms with Crippen molar-refractivity contribution in [1.82, 2.24) is 0 Å². The van der Waals surface area contributed by atoms with E-state index in [2.05, 4.69) is 40.8 Å². The van der Waals surface area contributed by atoms with Crippen molar-refractivity contribution in [1.29, 1.82) is 0 Å². The maximum Gasteiger partial charge on any atom is 0.0203 e. The summed E-state index contributed by atoms with van der Waals surface area (Å²) in [7, 11) is -0.309. The van der Waals surface area contributed by atoms with Gasteiger partial charge in [-0.15, -0.1) is 0 Å². The molecule has 0 radical (unpaired) electrons. The van der Waals surface area contributed by atoms with E-state index in [0.717, 1.165) is 0 Å². The van der Waals surface area contributed by atoms with Gasteiger partial charge in [-0.1, -0.05) is 34.6 Å². The van der Waals surface area contributed by atoms with E-state index in [0.29, 0.717) is 0 Å². The Labute approximate surface area is 78.5 Å². The average molecular weight is 194 g/mol. The molecule has 0 unspecified atom stereocenters. The van der Waals surface area contributed by atoms with Crippen molar-refractivity contribution in [3.05, 3.63) is 21.5 Å². The molecule has 0 fully saturated rings. The number of hydrogen-bond acceptors (Lipinski definition) is 0. The quantitative estimate of drug-likeness (QED) is 0.555. The van der Waals surface area contributed by atoms with Crippen LogP contribution in [0.2, 0.25) is 0 Å². The largest absolute Gasteiger partial charge is 0.0679 e. The number of hydrogen-bond donors (Lipinski definition) is 0. The summed E-state index contributed by atoms with van der Waals surface area (Å²) in [6, 6.07) is 0. The maximum absolute atomic E-state index is 2.48. The van der Waals surface area contributed by atoms with Crippen molar-refractivity contribution in [3.8, 4) is 0 Å². The second-order valence-corrected chi connectivity index (χ2v) is 12.2. The fourth-order valence-electron chi connectivity index (χ4n) is 1.69. The molecule has 0 spiro atoms. The second-order valence-electron chi connectivity index (χ2n) is 3.75. The molecule has 1 aromatic heterocycles. The summed E-state index contributed by atoms with van der Waals surface area (Å²) in [5, 5.41) is 3.44. The first-order valence-electron chi connectivity index (χ1n) is 4.50. The van der Waals surface area contributed by atoms with Crippen molar-refractivity contribution < 1.29 is 0 Å². The SMILES string of the molecule is Cc1c(C)c(C)[si](C)[si](C)c1C. The van der Waals surface area contributed by atoms with E-state index in [1.54, 1.807) is 21.5 Å². The van der Waals surface area contributed by atoms with Crippen LogP contribution >= 0.6 is 0 Å². The Hall–Kier alpha value is -0.0862. The summed E-state index contributed by atoms with van der Waals surface area (Å²) in [5.41, 5.74) is 3.17. The van der Waals surface area contributed by atoms with Gasteiger partial charge in [-0.25, -0.2) is 0 Å². The molecule has 1 aromatic rings. The zero-order valence-electron chi connectivity index (χ0n) is 9.00. The van der Waals surface area contributed by atoms with Crippen molar-refractivity contribution in [2.75, 3.05) is 0 Å². The fraction of sp³-hybridized carbons (Fsp3) is 0.600. The van der Waals surface area contributed by atoms with Gasteiger partial charge in [0.25, 0.3) is 0 Å². The molecule has 0 bridgehead atoms. The molecule has 0 nitrogen and oxygen atoms in total. The third-order valence-electron chi connectivity index (χ3n) is 3.38. The van der Waals surface area contributed by atoms with Crippen molar-refractivity contribution in [3.63, 3.8) is 0 Å². The van der Waals surface area contributed by atoms with Crippen LogP contribution < -0.4 is 0 Å². The Morgan fingerprint density at radius 3 is 1.17 bits per heavy atom. The molecule has 0 saturated carbocycles. The van der Waals surface area contributed by atoms with Gasteiger partial charge in [0.1, 0.15) is 0 Å². The Balaban J connectivity index is 3.60. The first-order valence-corrected chi connectivity index (χ1v) is 9.50.